The Morgan fingerprint density at radius 3 is 2.47 bits per heavy atom. The smallest absolute Gasteiger partial charge is 0.332 e. The molecule has 0 unspecified atom stereocenters. The number of hydrogen-bond acceptors (Lipinski definition) is 6. The fourth-order valence-electron chi connectivity index (χ4n) is 4.83. The third-order valence-corrected chi connectivity index (χ3v) is 7.08. The first kappa shape index (κ1) is 25.8. The molecule has 4 aromatic rings. The first-order chi connectivity index (χ1) is 18.5. The summed E-state index contributed by atoms with van der Waals surface area (Å²) < 4.78 is 25.4. The standard InChI is InChI=1S/C28H32FN5O4/c1-3-22-20(16-21(29)26(30-22)38-19-12-8-13-19)24-31-25-23(34(24)17-18-10-6-5-7-11-18)27(36)33(14-9-15-35)28(37)32(25)4-2/h5-7,10-11,16,19,35H,3-4,8-9,12-15,17H2,1-2H3. The maximum Gasteiger partial charge on any atom is 0.332 e. The Kier molecular flexibility index (Phi) is 7.42. The highest BCUT2D eigenvalue weighted by molar-refractivity contribution is 5.78. The normalized spacial score (nSPS) is 13.7. The fourth-order valence-corrected chi connectivity index (χ4v) is 4.83. The lowest BCUT2D eigenvalue weighted by atomic mass is 9.96. The van der Waals surface area contributed by atoms with Crippen molar-refractivity contribution in [2.24, 2.45) is 0 Å². The zero-order valence-corrected chi connectivity index (χ0v) is 21.7. The van der Waals surface area contributed by atoms with Crippen LogP contribution in [0.2, 0.25) is 0 Å². The fraction of sp³-hybridized carbons (Fsp3) is 0.429. The van der Waals surface area contributed by atoms with Gasteiger partial charge in [0.1, 0.15) is 11.9 Å². The molecule has 1 N–H and O–H groups in total. The summed E-state index contributed by atoms with van der Waals surface area (Å²) in [5.74, 6) is -0.241. The van der Waals surface area contributed by atoms with Gasteiger partial charge in [-0.05, 0) is 50.7 Å². The van der Waals surface area contributed by atoms with E-state index in [0.717, 1.165) is 29.4 Å². The monoisotopic (exact) mass is 521 g/mol. The van der Waals surface area contributed by atoms with Crippen molar-refractivity contribution < 1.29 is 14.2 Å². The molecule has 0 bridgehead atoms. The highest BCUT2D eigenvalue weighted by atomic mass is 19.1. The van der Waals surface area contributed by atoms with Crippen LogP contribution in [0.3, 0.4) is 0 Å². The van der Waals surface area contributed by atoms with E-state index in [4.69, 9.17) is 9.72 Å². The number of pyridine rings is 1. The minimum Gasteiger partial charge on any atom is -0.472 e. The molecule has 0 spiro atoms. The molecular weight excluding hydrogens is 489 g/mol. The lowest BCUT2D eigenvalue weighted by Crippen LogP contribution is -2.40. The molecule has 0 aliphatic heterocycles. The SMILES string of the molecule is CCc1nc(OC2CCC2)c(F)cc1-c1nc2c(c(=O)n(CCCO)c(=O)n2CC)n1Cc1ccccc1. The van der Waals surface area contributed by atoms with Gasteiger partial charge in [-0.1, -0.05) is 37.3 Å². The highest BCUT2D eigenvalue weighted by Crippen LogP contribution is 2.32. The van der Waals surface area contributed by atoms with Crippen molar-refractivity contribution in [3.63, 3.8) is 0 Å². The van der Waals surface area contributed by atoms with E-state index in [2.05, 4.69) is 4.98 Å². The van der Waals surface area contributed by atoms with Crippen molar-refractivity contribution >= 4 is 11.2 Å². The van der Waals surface area contributed by atoms with Gasteiger partial charge in [-0.25, -0.2) is 19.2 Å². The van der Waals surface area contributed by atoms with Gasteiger partial charge >= 0.3 is 5.69 Å². The van der Waals surface area contributed by atoms with E-state index in [9.17, 15) is 14.7 Å². The summed E-state index contributed by atoms with van der Waals surface area (Å²) in [6.45, 7) is 4.24. The van der Waals surface area contributed by atoms with Crippen LogP contribution in [0.1, 0.15) is 50.8 Å². The molecule has 10 heteroatoms. The molecule has 1 aliphatic rings. The number of ether oxygens (including phenoxy) is 1. The number of aliphatic hydroxyl groups is 1. The van der Waals surface area contributed by atoms with Gasteiger partial charge in [-0.3, -0.25) is 13.9 Å². The number of nitrogens with zero attached hydrogens (tertiary/aromatic N) is 5. The van der Waals surface area contributed by atoms with E-state index in [-0.39, 0.29) is 55.8 Å². The molecule has 3 aromatic heterocycles. The van der Waals surface area contributed by atoms with Gasteiger partial charge in [0.05, 0.1) is 5.69 Å². The summed E-state index contributed by atoms with van der Waals surface area (Å²) in [7, 11) is 0. The zero-order valence-electron chi connectivity index (χ0n) is 21.7. The van der Waals surface area contributed by atoms with Gasteiger partial charge < -0.3 is 14.4 Å². The van der Waals surface area contributed by atoms with E-state index < -0.39 is 17.1 Å². The molecule has 0 saturated heterocycles. The number of imidazole rings is 1. The molecule has 0 amide bonds. The number of aryl methyl sites for hydroxylation is 2. The largest absolute Gasteiger partial charge is 0.472 e. The lowest BCUT2D eigenvalue weighted by molar-refractivity contribution is 0.108. The van der Waals surface area contributed by atoms with Crippen molar-refractivity contribution in [2.45, 2.75) is 71.7 Å². The Morgan fingerprint density at radius 2 is 1.84 bits per heavy atom. The van der Waals surface area contributed by atoms with Gasteiger partial charge in [-0.2, -0.15) is 0 Å². The molecule has 1 aromatic carbocycles. The number of aromatic nitrogens is 5. The van der Waals surface area contributed by atoms with Crippen molar-refractivity contribution in [3.8, 4) is 17.3 Å². The molecule has 1 aliphatic carbocycles. The Labute approximate surface area is 219 Å². The van der Waals surface area contributed by atoms with E-state index in [1.54, 1.807) is 4.57 Å². The van der Waals surface area contributed by atoms with Crippen molar-refractivity contribution in [1.29, 1.82) is 0 Å². The maximum atomic E-state index is 15.3. The molecule has 3 heterocycles. The summed E-state index contributed by atoms with van der Waals surface area (Å²) in [6, 6.07) is 11.0. The minimum atomic E-state index is -0.587. The Balaban J connectivity index is 1.77. The Morgan fingerprint density at radius 1 is 1.08 bits per heavy atom. The van der Waals surface area contributed by atoms with Crippen LogP contribution in [-0.2, 0) is 26.1 Å². The molecule has 0 atom stereocenters. The van der Waals surface area contributed by atoms with Crippen LogP contribution in [-0.4, -0.2) is 41.5 Å². The molecule has 0 radical (unpaired) electrons. The summed E-state index contributed by atoms with van der Waals surface area (Å²) in [5.41, 5.74) is 1.48. The van der Waals surface area contributed by atoms with Crippen molar-refractivity contribution in [2.75, 3.05) is 6.61 Å². The van der Waals surface area contributed by atoms with Crippen LogP contribution >= 0.6 is 0 Å². The summed E-state index contributed by atoms with van der Waals surface area (Å²) in [4.78, 5) is 36.2. The van der Waals surface area contributed by atoms with Crippen LogP contribution in [0.15, 0.2) is 46.0 Å². The van der Waals surface area contributed by atoms with Crippen LogP contribution in [0, 0.1) is 5.82 Å². The second kappa shape index (κ2) is 10.9. The molecule has 200 valence electrons. The minimum absolute atomic E-state index is 0.0159. The van der Waals surface area contributed by atoms with Gasteiger partial charge in [0.25, 0.3) is 11.4 Å². The van der Waals surface area contributed by atoms with Gasteiger partial charge in [0.2, 0.25) is 0 Å². The van der Waals surface area contributed by atoms with Gasteiger partial charge in [-0.15, -0.1) is 0 Å². The van der Waals surface area contributed by atoms with Crippen molar-refractivity contribution in [3.05, 3.63) is 74.3 Å². The first-order valence-electron chi connectivity index (χ1n) is 13.2. The number of benzene rings is 1. The number of hydrogen-bond donors (Lipinski definition) is 1. The van der Waals surface area contributed by atoms with Crippen LogP contribution < -0.4 is 16.0 Å². The predicted octanol–water partition coefficient (Wildman–Crippen LogP) is 3.51. The number of aliphatic hydroxyl groups excluding tert-OH is 1. The topological polar surface area (TPSA) is 104 Å². The zero-order chi connectivity index (χ0) is 26.8. The van der Waals surface area contributed by atoms with Crippen LogP contribution in [0.4, 0.5) is 4.39 Å². The number of fused-ring (bicyclic) bond motifs is 1. The molecule has 1 saturated carbocycles. The predicted molar refractivity (Wildman–Crippen MR) is 142 cm³/mol. The van der Waals surface area contributed by atoms with Crippen LogP contribution in [0.5, 0.6) is 5.88 Å². The first-order valence-corrected chi connectivity index (χ1v) is 13.2. The van der Waals surface area contributed by atoms with E-state index in [1.807, 2.05) is 44.2 Å². The number of halogens is 1. The molecule has 38 heavy (non-hydrogen) atoms. The molecule has 5 rings (SSSR count). The summed E-state index contributed by atoms with van der Waals surface area (Å²) >= 11 is 0. The van der Waals surface area contributed by atoms with Crippen molar-refractivity contribution in [1.82, 2.24) is 23.7 Å². The molecule has 1 fully saturated rings. The average molecular weight is 522 g/mol. The van der Waals surface area contributed by atoms with E-state index in [1.165, 1.54) is 10.6 Å². The van der Waals surface area contributed by atoms with Gasteiger partial charge in [0, 0.05) is 31.8 Å². The molecular formula is C28H32FN5O4. The average Bonchev–Trinajstić information content (AvgIpc) is 3.26. The third kappa shape index (κ3) is 4.64. The summed E-state index contributed by atoms with van der Waals surface area (Å²) in [6.07, 6.45) is 3.56. The third-order valence-electron chi connectivity index (χ3n) is 7.08. The Bertz CT molecular complexity index is 1570. The van der Waals surface area contributed by atoms with Gasteiger partial charge in [0.15, 0.2) is 17.0 Å². The second-order valence-electron chi connectivity index (χ2n) is 9.53. The quantitative estimate of drug-likeness (QED) is 0.343. The highest BCUT2D eigenvalue weighted by Gasteiger charge is 2.26. The second-order valence-corrected chi connectivity index (χ2v) is 9.53. The molecule has 9 nitrogen and oxygen atoms in total. The summed E-state index contributed by atoms with van der Waals surface area (Å²) in [5, 5.41) is 9.34. The lowest BCUT2D eigenvalue weighted by Gasteiger charge is -2.26. The van der Waals surface area contributed by atoms with Crippen LogP contribution in [0.25, 0.3) is 22.6 Å². The van der Waals surface area contributed by atoms with E-state index in [0.29, 0.717) is 23.5 Å². The van der Waals surface area contributed by atoms with E-state index >= 15 is 4.39 Å². The maximum absolute atomic E-state index is 15.3. The Hall–Kier alpha value is -3.79. The number of rotatable bonds is 10.